The Labute approximate surface area is 120 Å². The van der Waals surface area contributed by atoms with Crippen molar-refractivity contribution < 1.29 is 9.50 Å². The molecule has 0 fully saturated rings. The second-order valence-corrected chi connectivity index (χ2v) is 5.21. The first-order chi connectivity index (χ1) is 9.11. The topological polar surface area (TPSA) is 32.3 Å². The number of rotatable bonds is 4. The molecule has 0 bridgehead atoms. The van der Waals surface area contributed by atoms with Crippen molar-refractivity contribution in [3.8, 4) is 0 Å². The van der Waals surface area contributed by atoms with E-state index >= 15 is 0 Å². The van der Waals surface area contributed by atoms with Crippen molar-refractivity contribution in [2.24, 2.45) is 0 Å². The van der Waals surface area contributed by atoms with Crippen LogP contribution in [0, 0.1) is 12.7 Å². The second-order valence-electron chi connectivity index (χ2n) is 4.36. The van der Waals surface area contributed by atoms with Gasteiger partial charge in [0.15, 0.2) is 0 Å². The number of anilines is 1. The van der Waals surface area contributed by atoms with Crippen LogP contribution in [0.3, 0.4) is 0 Å². The zero-order valence-electron chi connectivity index (χ0n) is 10.5. The van der Waals surface area contributed by atoms with Gasteiger partial charge in [0.2, 0.25) is 0 Å². The number of aliphatic hydroxyl groups is 1. The van der Waals surface area contributed by atoms with E-state index in [2.05, 4.69) is 21.2 Å². The third-order valence-electron chi connectivity index (χ3n) is 2.99. The van der Waals surface area contributed by atoms with Gasteiger partial charge in [-0.3, -0.25) is 0 Å². The zero-order chi connectivity index (χ0) is 13.8. The van der Waals surface area contributed by atoms with Crippen molar-refractivity contribution in [2.45, 2.75) is 13.0 Å². The summed E-state index contributed by atoms with van der Waals surface area (Å²) < 4.78 is 14.0. The third kappa shape index (κ3) is 3.33. The average Bonchev–Trinajstić information content (AvgIpc) is 2.39. The predicted molar refractivity (Wildman–Crippen MR) is 78.7 cm³/mol. The van der Waals surface area contributed by atoms with Gasteiger partial charge in [-0.2, -0.15) is 0 Å². The van der Waals surface area contributed by atoms with E-state index in [1.54, 1.807) is 6.07 Å². The summed E-state index contributed by atoms with van der Waals surface area (Å²) in [6.45, 7) is 1.77. The first-order valence-electron chi connectivity index (χ1n) is 6.00. The van der Waals surface area contributed by atoms with E-state index in [1.807, 2.05) is 31.2 Å². The van der Waals surface area contributed by atoms with Gasteiger partial charge < -0.3 is 10.4 Å². The van der Waals surface area contributed by atoms with Crippen LogP contribution >= 0.6 is 15.9 Å². The highest BCUT2D eigenvalue weighted by atomic mass is 79.9. The smallest absolute Gasteiger partial charge is 0.123 e. The summed E-state index contributed by atoms with van der Waals surface area (Å²) in [5.74, 6) is -0.265. The first kappa shape index (κ1) is 14.0. The Hall–Kier alpha value is -1.39. The Morgan fingerprint density at radius 1 is 1.26 bits per heavy atom. The van der Waals surface area contributed by atoms with Gasteiger partial charge in [0, 0.05) is 10.2 Å². The van der Waals surface area contributed by atoms with Crippen LogP contribution < -0.4 is 5.32 Å². The Morgan fingerprint density at radius 2 is 2.00 bits per heavy atom. The van der Waals surface area contributed by atoms with Gasteiger partial charge >= 0.3 is 0 Å². The highest BCUT2D eigenvalue weighted by Crippen LogP contribution is 2.27. The van der Waals surface area contributed by atoms with Gasteiger partial charge in [-0.25, -0.2) is 4.39 Å². The fraction of sp³-hybridized carbons (Fsp3) is 0.200. The van der Waals surface area contributed by atoms with Crippen LogP contribution in [0.1, 0.15) is 17.2 Å². The minimum absolute atomic E-state index is 0.0617. The summed E-state index contributed by atoms with van der Waals surface area (Å²) in [5, 5.41) is 12.8. The lowest BCUT2D eigenvalue weighted by Gasteiger charge is -2.20. The number of benzene rings is 2. The molecule has 1 atom stereocenters. The van der Waals surface area contributed by atoms with Crippen molar-refractivity contribution in [3.63, 3.8) is 0 Å². The second kappa shape index (κ2) is 6.17. The molecule has 2 rings (SSSR count). The van der Waals surface area contributed by atoms with Crippen molar-refractivity contribution >= 4 is 21.6 Å². The summed E-state index contributed by atoms with van der Waals surface area (Å²) in [6, 6.07) is 12.0. The van der Waals surface area contributed by atoms with Gasteiger partial charge in [-0.1, -0.05) is 18.2 Å². The molecule has 0 heterocycles. The Balaban J connectivity index is 2.28. The van der Waals surface area contributed by atoms with E-state index in [-0.39, 0.29) is 18.5 Å². The van der Waals surface area contributed by atoms with E-state index in [0.717, 1.165) is 21.3 Å². The van der Waals surface area contributed by atoms with E-state index < -0.39 is 0 Å². The summed E-state index contributed by atoms with van der Waals surface area (Å²) in [6.07, 6.45) is 0. The molecule has 4 heteroatoms. The first-order valence-corrected chi connectivity index (χ1v) is 6.79. The van der Waals surface area contributed by atoms with E-state index in [9.17, 15) is 9.50 Å². The van der Waals surface area contributed by atoms with Crippen LogP contribution in [0.2, 0.25) is 0 Å². The van der Waals surface area contributed by atoms with E-state index in [1.165, 1.54) is 12.1 Å². The van der Waals surface area contributed by atoms with E-state index in [0.29, 0.717) is 0 Å². The summed E-state index contributed by atoms with van der Waals surface area (Å²) in [5.41, 5.74) is 2.60. The molecule has 0 spiro atoms. The van der Waals surface area contributed by atoms with Crippen LogP contribution in [0.4, 0.5) is 10.1 Å². The van der Waals surface area contributed by atoms with E-state index in [4.69, 9.17) is 0 Å². The minimum Gasteiger partial charge on any atom is -0.394 e. The number of nitrogens with one attached hydrogen (secondary N) is 1. The number of aryl methyl sites for hydroxylation is 1. The molecule has 2 aromatic rings. The molecule has 19 heavy (non-hydrogen) atoms. The zero-order valence-corrected chi connectivity index (χ0v) is 12.1. The molecular formula is C15H15BrFNO. The molecule has 2 nitrogen and oxygen atoms in total. The molecule has 1 unspecified atom stereocenters. The lowest BCUT2D eigenvalue weighted by molar-refractivity contribution is 0.276. The summed E-state index contributed by atoms with van der Waals surface area (Å²) in [7, 11) is 0. The maximum atomic E-state index is 13.1. The van der Waals surface area contributed by atoms with Gasteiger partial charge in [-0.15, -0.1) is 0 Å². The average molecular weight is 324 g/mol. The molecule has 2 aromatic carbocycles. The SMILES string of the molecule is Cc1cc(F)ccc1C(CO)Nc1ccccc1Br. The van der Waals surface area contributed by atoms with Gasteiger partial charge in [0.25, 0.3) is 0 Å². The molecule has 0 aromatic heterocycles. The Kier molecular flexibility index (Phi) is 4.56. The number of aliphatic hydroxyl groups excluding tert-OH is 1. The Morgan fingerprint density at radius 3 is 2.63 bits per heavy atom. The molecule has 0 saturated heterocycles. The molecule has 0 amide bonds. The number of hydrogen-bond acceptors (Lipinski definition) is 2. The molecular weight excluding hydrogens is 309 g/mol. The quantitative estimate of drug-likeness (QED) is 0.889. The normalized spacial score (nSPS) is 12.2. The molecule has 2 N–H and O–H groups in total. The van der Waals surface area contributed by atoms with Crippen LogP contribution in [0.5, 0.6) is 0 Å². The lowest BCUT2D eigenvalue weighted by Crippen LogP contribution is -2.16. The van der Waals surface area contributed by atoms with Crippen molar-refractivity contribution in [2.75, 3.05) is 11.9 Å². The lowest BCUT2D eigenvalue weighted by atomic mass is 10.0. The molecule has 0 saturated carbocycles. The summed E-state index contributed by atoms with van der Waals surface area (Å²) >= 11 is 3.45. The molecule has 0 aliphatic carbocycles. The fourth-order valence-electron chi connectivity index (χ4n) is 2.02. The summed E-state index contributed by atoms with van der Waals surface area (Å²) in [4.78, 5) is 0. The van der Waals surface area contributed by atoms with Crippen LogP contribution in [-0.4, -0.2) is 11.7 Å². The molecule has 100 valence electrons. The predicted octanol–water partition coefficient (Wildman–Crippen LogP) is 4.04. The molecule has 0 aliphatic heterocycles. The Bertz CT molecular complexity index is 574. The van der Waals surface area contributed by atoms with Crippen LogP contribution in [-0.2, 0) is 0 Å². The largest absolute Gasteiger partial charge is 0.394 e. The van der Waals surface area contributed by atoms with Crippen molar-refractivity contribution in [3.05, 3.63) is 63.9 Å². The van der Waals surface area contributed by atoms with Crippen molar-refractivity contribution in [1.82, 2.24) is 0 Å². The van der Waals surface area contributed by atoms with Crippen LogP contribution in [0.25, 0.3) is 0 Å². The highest BCUT2D eigenvalue weighted by Gasteiger charge is 2.14. The number of para-hydroxylation sites is 1. The highest BCUT2D eigenvalue weighted by molar-refractivity contribution is 9.10. The van der Waals surface area contributed by atoms with Gasteiger partial charge in [0.05, 0.1) is 12.6 Å². The van der Waals surface area contributed by atoms with Crippen LogP contribution in [0.15, 0.2) is 46.9 Å². The monoisotopic (exact) mass is 323 g/mol. The molecule has 0 aliphatic rings. The molecule has 0 radical (unpaired) electrons. The fourth-order valence-corrected chi connectivity index (χ4v) is 2.42. The number of hydrogen-bond donors (Lipinski definition) is 2. The standard InChI is InChI=1S/C15H15BrFNO/c1-10-8-11(17)6-7-12(10)15(9-19)18-14-5-3-2-4-13(14)16/h2-8,15,18-19H,9H2,1H3. The van der Waals surface area contributed by atoms with Gasteiger partial charge in [0.1, 0.15) is 5.82 Å². The van der Waals surface area contributed by atoms with Crippen molar-refractivity contribution in [1.29, 1.82) is 0 Å². The maximum Gasteiger partial charge on any atom is 0.123 e. The number of halogens is 2. The minimum atomic E-state index is -0.265. The van der Waals surface area contributed by atoms with Gasteiger partial charge in [-0.05, 0) is 58.2 Å². The maximum absolute atomic E-state index is 13.1. The third-order valence-corrected chi connectivity index (χ3v) is 3.68.